The van der Waals surface area contributed by atoms with E-state index < -0.39 is 0 Å². The molecule has 0 atom stereocenters. The first-order valence-electron chi connectivity index (χ1n) is 8.35. The largest absolute Gasteiger partial charge is 0.301 e. The van der Waals surface area contributed by atoms with Crippen LogP contribution in [0.5, 0.6) is 0 Å². The van der Waals surface area contributed by atoms with Gasteiger partial charge < -0.3 is 4.90 Å². The van der Waals surface area contributed by atoms with Gasteiger partial charge in [-0.15, -0.1) is 0 Å². The zero-order chi connectivity index (χ0) is 16.1. The van der Waals surface area contributed by atoms with Gasteiger partial charge in [0.2, 0.25) is 0 Å². The van der Waals surface area contributed by atoms with Gasteiger partial charge in [-0.2, -0.15) is 5.10 Å². The molecule has 1 fully saturated rings. The Morgan fingerprint density at radius 2 is 2.04 bits per heavy atom. The Hall–Kier alpha value is -1.36. The fourth-order valence-electron chi connectivity index (χ4n) is 3.31. The first kappa shape index (κ1) is 16.5. The number of halogens is 1. The Morgan fingerprint density at radius 1 is 1.22 bits per heavy atom. The third-order valence-electron chi connectivity index (χ3n) is 4.71. The van der Waals surface area contributed by atoms with Crippen LogP contribution in [0.4, 0.5) is 0 Å². The lowest BCUT2D eigenvalue weighted by Crippen LogP contribution is -2.43. The maximum absolute atomic E-state index is 6.08. The molecule has 23 heavy (non-hydrogen) atoms. The van der Waals surface area contributed by atoms with E-state index >= 15 is 0 Å². The number of aromatic nitrogens is 2. The highest BCUT2D eigenvalue weighted by Crippen LogP contribution is 2.19. The van der Waals surface area contributed by atoms with Crippen molar-refractivity contribution in [1.29, 1.82) is 0 Å². The minimum absolute atomic E-state index is 0.662. The lowest BCUT2D eigenvalue weighted by Gasteiger charge is -2.36. The minimum Gasteiger partial charge on any atom is -0.301 e. The fourth-order valence-corrected chi connectivity index (χ4v) is 3.53. The van der Waals surface area contributed by atoms with Gasteiger partial charge in [-0.1, -0.05) is 23.7 Å². The molecule has 0 radical (unpaired) electrons. The first-order chi connectivity index (χ1) is 11.2. The Balaban J connectivity index is 1.43. The number of hydrogen-bond acceptors (Lipinski definition) is 3. The quantitative estimate of drug-likeness (QED) is 0.812. The fraction of sp³-hybridized carbons (Fsp3) is 0.500. The first-order valence-corrected chi connectivity index (χ1v) is 8.73. The van der Waals surface area contributed by atoms with Crippen molar-refractivity contribution < 1.29 is 0 Å². The van der Waals surface area contributed by atoms with E-state index in [9.17, 15) is 0 Å². The van der Waals surface area contributed by atoms with Gasteiger partial charge in [0, 0.05) is 36.5 Å². The number of hydrogen-bond donors (Lipinski definition) is 0. The van der Waals surface area contributed by atoms with Crippen molar-refractivity contribution in [2.24, 2.45) is 0 Å². The molecule has 1 aromatic carbocycles. The van der Waals surface area contributed by atoms with Gasteiger partial charge in [0.15, 0.2) is 0 Å². The van der Waals surface area contributed by atoms with Crippen molar-refractivity contribution in [2.75, 3.05) is 26.7 Å². The van der Waals surface area contributed by atoms with Crippen LogP contribution in [0.1, 0.15) is 18.4 Å². The van der Waals surface area contributed by atoms with Crippen LogP contribution in [0.25, 0.3) is 0 Å². The molecule has 0 N–H and O–H groups in total. The molecule has 2 heterocycles. The molecular formula is C18H25ClN4. The van der Waals surface area contributed by atoms with Gasteiger partial charge in [0.25, 0.3) is 0 Å². The van der Waals surface area contributed by atoms with Gasteiger partial charge in [0.05, 0.1) is 6.54 Å². The molecule has 5 heteroatoms. The molecule has 0 saturated carbocycles. The zero-order valence-corrected chi connectivity index (χ0v) is 14.5. The smallest absolute Gasteiger partial charge is 0.0536 e. The molecule has 1 aliphatic heterocycles. The second-order valence-corrected chi connectivity index (χ2v) is 6.82. The molecule has 4 nitrogen and oxygen atoms in total. The molecule has 124 valence electrons. The van der Waals surface area contributed by atoms with E-state index in [4.69, 9.17) is 11.6 Å². The summed E-state index contributed by atoms with van der Waals surface area (Å²) in [5, 5.41) is 5.09. The van der Waals surface area contributed by atoms with Crippen LogP contribution >= 0.6 is 11.6 Å². The summed E-state index contributed by atoms with van der Waals surface area (Å²) in [6.07, 6.45) is 6.34. The van der Waals surface area contributed by atoms with Crippen molar-refractivity contribution in [3.8, 4) is 0 Å². The van der Waals surface area contributed by atoms with E-state index in [0.29, 0.717) is 6.04 Å². The van der Waals surface area contributed by atoms with Crippen molar-refractivity contribution in [3.63, 3.8) is 0 Å². The van der Waals surface area contributed by atoms with Crippen LogP contribution in [0, 0.1) is 0 Å². The number of likely N-dealkylation sites (tertiary alicyclic amines) is 1. The molecule has 2 aromatic rings. The highest BCUT2D eigenvalue weighted by Gasteiger charge is 2.22. The number of nitrogens with zero attached hydrogens (tertiary/aromatic N) is 4. The second kappa shape index (κ2) is 7.95. The predicted molar refractivity (Wildman–Crippen MR) is 94.6 cm³/mol. The lowest BCUT2D eigenvalue weighted by molar-refractivity contribution is 0.120. The third-order valence-corrected chi connectivity index (χ3v) is 4.94. The van der Waals surface area contributed by atoms with Gasteiger partial charge in [-0.3, -0.25) is 9.58 Å². The van der Waals surface area contributed by atoms with Crippen LogP contribution < -0.4 is 0 Å². The molecule has 3 rings (SSSR count). The van der Waals surface area contributed by atoms with Crippen molar-refractivity contribution in [3.05, 3.63) is 53.3 Å². The molecule has 1 aliphatic rings. The molecular weight excluding hydrogens is 308 g/mol. The summed E-state index contributed by atoms with van der Waals surface area (Å²) in [7, 11) is 2.23. The van der Waals surface area contributed by atoms with E-state index in [1.165, 1.54) is 31.5 Å². The average molecular weight is 333 g/mol. The molecule has 0 bridgehead atoms. The zero-order valence-electron chi connectivity index (χ0n) is 13.7. The summed E-state index contributed by atoms with van der Waals surface area (Å²) in [5.74, 6) is 0. The molecule has 1 saturated heterocycles. The number of rotatable bonds is 6. The summed E-state index contributed by atoms with van der Waals surface area (Å²) in [6, 6.07) is 10.8. The molecule has 0 aliphatic carbocycles. The standard InChI is InChI=1S/C18H25ClN4/c1-21(15-16-4-2-5-17(19)14-16)18-6-10-22(11-7-18)12-13-23-9-3-8-20-23/h2-5,8-9,14,18H,6-7,10-13,15H2,1H3. The van der Waals surface area contributed by atoms with E-state index in [0.717, 1.165) is 24.7 Å². The lowest BCUT2D eigenvalue weighted by atomic mass is 10.0. The van der Waals surface area contributed by atoms with Gasteiger partial charge in [0.1, 0.15) is 0 Å². The predicted octanol–water partition coefficient (Wildman–Crippen LogP) is 3.13. The van der Waals surface area contributed by atoms with Crippen LogP contribution in [-0.4, -0.2) is 52.3 Å². The summed E-state index contributed by atoms with van der Waals surface area (Å²) in [6.45, 7) is 5.39. The molecule has 0 unspecified atom stereocenters. The Morgan fingerprint density at radius 3 is 2.74 bits per heavy atom. The Kier molecular flexibility index (Phi) is 5.70. The normalized spacial score (nSPS) is 17.0. The molecule has 0 spiro atoms. The third kappa shape index (κ3) is 4.80. The highest BCUT2D eigenvalue weighted by atomic mass is 35.5. The van der Waals surface area contributed by atoms with E-state index in [-0.39, 0.29) is 0 Å². The molecule has 1 aromatic heterocycles. The van der Waals surface area contributed by atoms with Gasteiger partial charge >= 0.3 is 0 Å². The van der Waals surface area contributed by atoms with E-state index in [1.54, 1.807) is 0 Å². The van der Waals surface area contributed by atoms with Gasteiger partial charge in [-0.05, 0) is 56.7 Å². The summed E-state index contributed by atoms with van der Waals surface area (Å²) >= 11 is 6.08. The maximum Gasteiger partial charge on any atom is 0.0536 e. The van der Waals surface area contributed by atoms with Crippen molar-refractivity contribution in [1.82, 2.24) is 19.6 Å². The topological polar surface area (TPSA) is 24.3 Å². The van der Waals surface area contributed by atoms with Crippen LogP contribution in [0.3, 0.4) is 0 Å². The highest BCUT2D eigenvalue weighted by molar-refractivity contribution is 6.30. The Labute approximate surface area is 143 Å². The van der Waals surface area contributed by atoms with Crippen molar-refractivity contribution >= 4 is 11.6 Å². The maximum atomic E-state index is 6.08. The minimum atomic E-state index is 0.662. The SMILES string of the molecule is CN(Cc1cccc(Cl)c1)C1CCN(CCn2cccn2)CC1. The van der Waals surface area contributed by atoms with Crippen molar-refractivity contribution in [2.45, 2.75) is 32.0 Å². The van der Waals surface area contributed by atoms with Crippen LogP contribution in [0.15, 0.2) is 42.7 Å². The second-order valence-electron chi connectivity index (χ2n) is 6.39. The average Bonchev–Trinajstić information content (AvgIpc) is 3.07. The molecule has 0 amide bonds. The monoisotopic (exact) mass is 332 g/mol. The van der Waals surface area contributed by atoms with E-state index in [1.807, 2.05) is 35.3 Å². The van der Waals surface area contributed by atoms with E-state index in [2.05, 4.69) is 34.1 Å². The summed E-state index contributed by atoms with van der Waals surface area (Å²) < 4.78 is 2.01. The van der Waals surface area contributed by atoms with Crippen LogP contribution in [-0.2, 0) is 13.1 Å². The van der Waals surface area contributed by atoms with Crippen LogP contribution in [0.2, 0.25) is 5.02 Å². The van der Waals surface area contributed by atoms with Gasteiger partial charge in [-0.25, -0.2) is 0 Å². The number of piperidine rings is 1. The Bertz CT molecular complexity index is 591. The number of benzene rings is 1. The summed E-state index contributed by atoms with van der Waals surface area (Å²) in [4.78, 5) is 5.02. The summed E-state index contributed by atoms with van der Waals surface area (Å²) in [5.41, 5.74) is 1.29.